The first kappa shape index (κ1) is 13.9. The van der Waals surface area contributed by atoms with Crippen molar-refractivity contribution >= 4 is 11.6 Å². The number of benzene rings is 1. The molecule has 3 nitrogen and oxygen atoms in total. The van der Waals surface area contributed by atoms with Crippen LogP contribution in [-0.2, 0) is 14.3 Å². The summed E-state index contributed by atoms with van der Waals surface area (Å²) in [5.41, 5.74) is 3.23. The van der Waals surface area contributed by atoms with Gasteiger partial charge in [-0.3, -0.25) is 9.59 Å². The van der Waals surface area contributed by atoms with Crippen molar-refractivity contribution in [1.29, 1.82) is 0 Å². The molecule has 0 N–H and O–H groups in total. The zero-order valence-corrected chi connectivity index (χ0v) is 13.1. The fourth-order valence-electron chi connectivity index (χ4n) is 4.64. The number of aryl methyl sites for hydroxylation is 3. The highest BCUT2D eigenvalue weighted by atomic mass is 16.5. The Labute approximate surface area is 130 Å². The van der Waals surface area contributed by atoms with Crippen LogP contribution in [0.25, 0.3) is 0 Å². The molecule has 1 aromatic carbocycles. The first-order valence-electron chi connectivity index (χ1n) is 7.71. The number of carbonyl (C=O) groups is 2. The van der Waals surface area contributed by atoms with E-state index >= 15 is 0 Å². The van der Waals surface area contributed by atoms with Crippen molar-refractivity contribution in [2.75, 3.05) is 0 Å². The quantitative estimate of drug-likeness (QED) is 0.591. The Bertz CT molecular complexity index is 722. The van der Waals surface area contributed by atoms with E-state index < -0.39 is 17.4 Å². The summed E-state index contributed by atoms with van der Waals surface area (Å²) in [6.07, 6.45) is 3.45. The highest BCUT2D eigenvalue weighted by molar-refractivity contribution is 6.17. The third-order valence-corrected chi connectivity index (χ3v) is 5.39. The summed E-state index contributed by atoms with van der Waals surface area (Å²) in [6, 6.07) is 4.08. The molecule has 5 unspecified atom stereocenters. The number of Topliss-reactive ketones (excluding diaryl/α,β-unsaturated/α-hetero) is 2. The molecule has 22 heavy (non-hydrogen) atoms. The van der Waals surface area contributed by atoms with Crippen molar-refractivity contribution in [3.63, 3.8) is 0 Å². The minimum absolute atomic E-state index is 0.00456. The first-order valence-corrected chi connectivity index (χ1v) is 7.71. The molecular weight excluding hydrogens is 276 g/mol. The molecule has 1 aliphatic carbocycles. The number of hydrogen-bond donors (Lipinski definition) is 0. The van der Waals surface area contributed by atoms with Crippen LogP contribution in [0.1, 0.15) is 28.2 Å². The van der Waals surface area contributed by atoms with Crippen molar-refractivity contribution in [3.05, 3.63) is 53.5 Å². The molecule has 0 spiro atoms. The van der Waals surface area contributed by atoms with Crippen LogP contribution in [0.2, 0.25) is 0 Å². The van der Waals surface area contributed by atoms with E-state index in [1.807, 2.05) is 45.1 Å². The minimum atomic E-state index is -0.844. The fourth-order valence-corrected chi connectivity index (χ4v) is 4.64. The lowest BCUT2D eigenvalue weighted by Crippen LogP contribution is -2.35. The second-order valence-electron chi connectivity index (χ2n) is 6.95. The molecule has 3 aliphatic rings. The highest BCUT2D eigenvalue weighted by Gasteiger charge is 2.66. The molecule has 2 bridgehead atoms. The van der Waals surface area contributed by atoms with Crippen molar-refractivity contribution in [2.45, 2.75) is 38.4 Å². The van der Waals surface area contributed by atoms with Gasteiger partial charge in [0.2, 0.25) is 0 Å². The van der Waals surface area contributed by atoms with Crippen molar-refractivity contribution in [3.8, 4) is 0 Å². The summed E-state index contributed by atoms with van der Waals surface area (Å²) in [5, 5.41) is 0. The second kappa shape index (κ2) is 4.17. The normalized spacial score (nSPS) is 38.9. The summed E-state index contributed by atoms with van der Waals surface area (Å²) in [5.74, 6) is -1.46. The van der Waals surface area contributed by atoms with Crippen LogP contribution in [0, 0.1) is 39.5 Å². The average molecular weight is 295 g/mol. The monoisotopic (exact) mass is 295 g/mol. The molecule has 1 saturated heterocycles. The Hall–Kier alpha value is -1.74. The maximum Gasteiger partial charge on any atom is 0.154 e. The van der Waals surface area contributed by atoms with Crippen molar-refractivity contribution in [2.24, 2.45) is 11.8 Å². The van der Waals surface area contributed by atoms with Crippen molar-refractivity contribution < 1.29 is 14.3 Å². The van der Waals surface area contributed by atoms with Gasteiger partial charge in [0.05, 0.1) is 23.5 Å². The van der Waals surface area contributed by atoms with E-state index in [1.165, 1.54) is 0 Å². The first-order chi connectivity index (χ1) is 10.3. The second-order valence-corrected chi connectivity index (χ2v) is 6.95. The number of fused-ring (bicyclic) bond motifs is 5. The lowest BCUT2D eigenvalue weighted by molar-refractivity contribution is -0.128. The van der Waals surface area contributed by atoms with Crippen LogP contribution in [0.4, 0.5) is 0 Å². The molecule has 2 heterocycles. The maximum absolute atomic E-state index is 13.0. The number of ketones is 2. The molecule has 113 valence electrons. The molecule has 1 radical (unpaired) electrons. The van der Waals surface area contributed by atoms with Gasteiger partial charge in [-0.1, -0.05) is 29.8 Å². The zero-order valence-electron chi connectivity index (χ0n) is 13.1. The molecule has 5 atom stereocenters. The third-order valence-electron chi connectivity index (χ3n) is 5.39. The molecule has 2 aliphatic heterocycles. The Morgan fingerprint density at radius 2 is 1.73 bits per heavy atom. The van der Waals surface area contributed by atoms with Crippen LogP contribution in [-0.4, -0.2) is 23.3 Å². The molecule has 1 aromatic rings. The molecule has 2 fully saturated rings. The van der Waals surface area contributed by atoms with Crippen LogP contribution in [0.15, 0.2) is 24.3 Å². The van der Waals surface area contributed by atoms with Gasteiger partial charge in [0.25, 0.3) is 0 Å². The molecule has 1 saturated carbocycles. The molecule has 0 aromatic heterocycles. The van der Waals surface area contributed by atoms with Gasteiger partial charge in [0.1, 0.15) is 5.92 Å². The van der Waals surface area contributed by atoms with Crippen molar-refractivity contribution in [1.82, 2.24) is 0 Å². The summed E-state index contributed by atoms with van der Waals surface area (Å²) in [6.45, 7) is 10.0. The Morgan fingerprint density at radius 3 is 2.32 bits per heavy atom. The van der Waals surface area contributed by atoms with Crippen LogP contribution >= 0.6 is 0 Å². The molecular formula is C19H19O3. The minimum Gasteiger partial charge on any atom is -0.362 e. The fraction of sp³-hybridized carbons (Fsp3) is 0.421. The van der Waals surface area contributed by atoms with E-state index in [-0.39, 0.29) is 23.6 Å². The topological polar surface area (TPSA) is 43.4 Å². The Kier molecular flexibility index (Phi) is 2.63. The van der Waals surface area contributed by atoms with Crippen LogP contribution in [0.3, 0.4) is 0 Å². The van der Waals surface area contributed by atoms with Gasteiger partial charge >= 0.3 is 0 Å². The standard InChI is InChI=1S/C19H19O3/c1-9-7-10(2)13(11(3)8-9)15-17(20)14-12-5-6-19(4,22-12)16(14)18(15)21/h5-8,12,14-16H,4H2,1-3H3. The smallest absolute Gasteiger partial charge is 0.154 e. The van der Waals surface area contributed by atoms with Gasteiger partial charge in [-0.25, -0.2) is 0 Å². The molecule has 3 heteroatoms. The lowest BCUT2D eigenvalue weighted by Gasteiger charge is -2.24. The maximum atomic E-state index is 13.0. The van der Waals surface area contributed by atoms with Gasteiger partial charge in [-0.15, -0.1) is 0 Å². The van der Waals surface area contributed by atoms with Crippen LogP contribution < -0.4 is 0 Å². The van der Waals surface area contributed by atoms with Gasteiger partial charge in [0, 0.05) is 0 Å². The van der Waals surface area contributed by atoms with E-state index in [0.717, 1.165) is 22.3 Å². The van der Waals surface area contributed by atoms with E-state index in [0.29, 0.717) is 0 Å². The Balaban J connectivity index is 1.84. The number of rotatable bonds is 1. The summed E-state index contributed by atoms with van der Waals surface area (Å²) in [4.78, 5) is 26.0. The third kappa shape index (κ3) is 1.55. The van der Waals surface area contributed by atoms with E-state index in [4.69, 9.17) is 4.74 Å². The van der Waals surface area contributed by atoms with Gasteiger partial charge in [-0.05, 0) is 44.4 Å². The number of carbonyl (C=O) groups excluding carboxylic acids is 2. The molecule has 0 amide bonds. The zero-order chi connectivity index (χ0) is 15.8. The summed E-state index contributed by atoms with van der Waals surface area (Å²) < 4.78 is 5.77. The largest absolute Gasteiger partial charge is 0.362 e. The lowest BCUT2D eigenvalue weighted by atomic mass is 9.78. The molecule has 4 rings (SSSR count). The van der Waals surface area contributed by atoms with E-state index in [9.17, 15) is 9.59 Å². The van der Waals surface area contributed by atoms with Crippen LogP contribution in [0.5, 0.6) is 0 Å². The average Bonchev–Trinajstić information content (AvgIpc) is 3.01. The van der Waals surface area contributed by atoms with Gasteiger partial charge < -0.3 is 4.74 Å². The number of hydrogen-bond acceptors (Lipinski definition) is 3. The van der Waals surface area contributed by atoms with Gasteiger partial charge in [-0.2, -0.15) is 0 Å². The van der Waals surface area contributed by atoms with E-state index in [2.05, 4.69) is 6.92 Å². The van der Waals surface area contributed by atoms with E-state index in [1.54, 1.807) is 0 Å². The predicted octanol–water partition coefficient (Wildman–Crippen LogP) is 2.62. The van der Waals surface area contributed by atoms with Gasteiger partial charge in [0.15, 0.2) is 11.6 Å². The number of ether oxygens (including phenoxy) is 1. The summed E-state index contributed by atoms with van der Waals surface area (Å²) >= 11 is 0. The highest BCUT2D eigenvalue weighted by Crippen LogP contribution is 2.55. The SMILES string of the molecule is [CH2]C12C=CC(O1)C1C(=O)C(c3c(C)cc(C)cc3C)C(=O)C12. The predicted molar refractivity (Wildman–Crippen MR) is 82.5 cm³/mol. The summed E-state index contributed by atoms with van der Waals surface area (Å²) in [7, 11) is 0. The Morgan fingerprint density at radius 1 is 1.09 bits per heavy atom.